The predicted molar refractivity (Wildman–Crippen MR) is 88.3 cm³/mol. The lowest BCUT2D eigenvalue weighted by Crippen LogP contribution is -2.30. The predicted octanol–water partition coefficient (Wildman–Crippen LogP) is 3.65. The highest BCUT2D eigenvalue weighted by Crippen LogP contribution is 2.25. The Morgan fingerprint density at radius 2 is 1.95 bits per heavy atom. The van der Waals surface area contributed by atoms with Crippen LogP contribution in [0, 0.1) is 11.3 Å². The van der Waals surface area contributed by atoms with Crippen LogP contribution in [0.5, 0.6) is 0 Å². The summed E-state index contributed by atoms with van der Waals surface area (Å²) >= 11 is 7.23. The molecule has 0 radical (unpaired) electrons. The number of halogens is 1. The Morgan fingerprint density at radius 1 is 1.27 bits per heavy atom. The van der Waals surface area contributed by atoms with Gasteiger partial charge >= 0.3 is 0 Å². The van der Waals surface area contributed by atoms with Crippen LogP contribution < -0.4 is 0 Å². The first-order valence-electron chi connectivity index (χ1n) is 6.33. The van der Waals surface area contributed by atoms with Crippen molar-refractivity contribution in [2.75, 3.05) is 6.54 Å². The summed E-state index contributed by atoms with van der Waals surface area (Å²) in [5, 5.41) is 8.79. The zero-order chi connectivity index (χ0) is 16.2. The molecule has 1 aromatic carbocycles. The summed E-state index contributed by atoms with van der Waals surface area (Å²) in [6.45, 7) is 4.03. The molecule has 0 spiro atoms. The van der Waals surface area contributed by atoms with Gasteiger partial charge in [0, 0.05) is 18.0 Å². The van der Waals surface area contributed by atoms with Crippen LogP contribution in [0.1, 0.15) is 10.4 Å². The van der Waals surface area contributed by atoms with E-state index in [2.05, 4.69) is 6.58 Å². The van der Waals surface area contributed by atoms with Crippen molar-refractivity contribution in [2.24, 2.45) is 0 Å². The number of rotatable bonds is 6. The van der Waals surface area contributed by atoms with Gasteiger partial charge in [0.1, 0.15) is 0 Å². The lowest BCUT2D eigenvalue weighted by molar-refractivity contribution is 0.441. The highest BCUT2D eigenvalue weighted by Gasteiger charge is 2.24. The second-order valence-electron chi connectivity index (χ2n) is 4.43. The standard InChI is InChI=1S/C15H13ClN2O2S2/c1-2-9-18(11-13-5-8-15(16)21-13)22(19,20)14-6-3-12(10-17)4-7-14/h2-8H,1,9,11H2. The largest absolute Gasteiger partial charge is 0.243 e. The number of benzene rings is 1. The minimum absolute atomic E-state index is 0.149. The van der Waals surface area contributed by atoms with Gasteiger partial charge in [-0.05, 0) is 36.4 Å². The van der Waals surface area contributed by atoms with Crippen molar-refractivity contribution in [1.29, 1.82) is 5.26 Å². The summed E-state index contributed by atoms with van der Waals surface area (Å²) < 4.78 is 27.3. The lowest BCUT2D eigenvalue weighted by Gasteiger charge is -2.20. The third-order valence-electron chi connectivity index (χ3n) is 2.91. The Bertz CT molecular complexity index is 805. The van der Waals surface area contributed by atoms with Crippen LogP contribution in [-0.2, 0) is 16.6 Å². The van der Waals surface area contributed by atoms with Crippen LogP contribution in [0.4, 0.5) is 0 Å². The van der Waals surface area contributed by atoms with Crippen molar-refractivity contribution < 1.29 is 8.42 Å². The summed E-state index contributed by atoms with van der Waals surface area (Å²) in [5.74, 6) is 0. The van der Waals surface area contributed by atoms with Crippen molar-refractivity contribution >= 4 is 33.0 Å². The second kappa shape index (κ2) is 7.07. The van der Waals surface area contributed by atoms with Gasteiger partial charge in [-0.15, -0.1) is 17.9 Å². The van der Waals surface area contributed by atoms with Crippen LogP contribution >= 0.6 is 22.9 Å². The smallest absolute Gasteiger partial charge is 0.207 e. The Kier molecular flexibility index (Phi) is 5.37. The molecular weight excluding hydrogens is 340 g/mol. The van der Waals surface area contributed by atoms with E-state index < -0.39 is 10.0 Å². The molecule has 0 amide bonds. The van der Waals surface area contributed by atoms with Crippen LogP contribution in [-0.4, -0.2) is 19.3 Å². The van der Waals surface area contributed by atoms with Gasteiger partial charge in [-0.3, -0.25) is 0 Å². The van der Waals surface area contributed by atoms with Crippen molar-refractivity contribution in [3.8, 4) is 6.07 Å². The van der Waals surface area contributed by atoms with Gasteiger partial charge < -0.3 is 0 Å². The van der Waals surface area contributed by atoms with Crippen LogP contribution in [0.25, 0.3) is 0 Å². The van der Waals surface area contributed by atoms with Crippen LogP contribution in [0.3, 0.4) is 0 Å². The summed E-state index contributed by atoms with van der Waals surface area (Å²) in [4.78, 5) is 1.00. The van der Waals surface area contributed by atoms with Gasteiger partial charge in [0.25, 0.3) is 0 Å². The SMILES string of the molecule is C=CCN(Cc1ccc(Cl)s1)S(=O)(=O)c1ccc(C#N)cc1. The molecule has 0 bridgehead atoms. The minimum atomic E-state index is -3.66. The first-order valence-corrected chi connectivity index (χ1v) is 8.96. The molecule has 0 fully saturated rings. The Hall–Kier alpha value is -1.65. The molecule has 114 valence electrons. The molecule has 0 aliphatic rings. The average Bonchev–Trinajstić information content (AvgIpc) is 2.92. The minimum Gasteiger partial charge on any atom is -0.207 e. The monoisotopic (exact) mass is 352 g/mol. The van der Waals surface area contributed by atoms with E-state index in [9.17, 15) is 8.42 Å². The van der Waals surface area contributed by atoms with Gasteiger partial charge in [-0.25, -0.2) is 8.42 Å². The van der Waals surface area contributed by atoms with Gasteiger partial charge in [0.15, 0.2) is 0 Å². The van der Waals surface area contributed by atoms with Crippen LogP contribution in [0.15, 0.2) is 53.9 Å². The Morgan fingerprint density at radius 3 is 2.45 bits per heavy atom. The van der Waals surface area contributed by atoms with E-state index in [0.29, 0.717) is 9.90 Å². The molecule has 7 heteroatoms. The van der Waals surface area contributed by atoms with Crippen molar-refractivity contribution in [1.82, 2.24) is 4.31 Å². The number of nitriles is 1. The number of nitrogens with zero attached hydrogens (tertiary/aromatic N) is 2. The molecule has 1 heterocycles. The summed E-state index contributed by atoms with van der Waals surface area (Å²) in [5.41, 5.74) is 0.416. The number of hydrogen-bond acceptors (Lipinski definition) is 4. The van der Waals surface area contributed by atoms with E-state index in [1.54, 1.807) is 12.1 Å². The third-order valence-corrected chi connectivity index (χ3v) is 5.96. The van der Waals surface area contributed by atoms with Crippen molar-refractivity contribution in [2.45, 2.75) is 11.4 Å². The van der Waals surface area contributed by atoms with Gasteiger partial charge in [0.2, 0.25) is 10.0 Å². The zero-order valence-corrected chi connectivity index (χ0v) is 14.0. The molecule has 0 saturated carbocycles. The summed E-state index contributed by atoms with van der Waals surface area (Å²) in [7, 11) is -3.66. The maximum absolute atomic E-state index is 12.7. The van der Waals surface area contributed by atoms with E-state index in [-0.39, 0.29) is 18.0 Å². The van der Waals surface area contributed by atoms with E-state index >= 15 is 0 Å². The van der Waals surface area contributed by atoms with E-state index in [1.165, 1.54) is 46.0 Å². The molecule has 2 aromatic rings. The third kappa shape index (κ3) is 3.76. The molecule has 0 saturated heterocycles. The van der Waals surface area contributed by atoms with E-state index in [1.807, 2.05) is 6.07 Å². The second-order valence-corrected chi connectivity index (χ2v) is 8.17. The highest BCUT2D eigenvalue weighted by molar-refractivity contribution is 7.89. The highest BCUT2D eigenvalue weighted by atomic mass is 35.5. The maximum atomic E-state index is 12.7. The van der Waals surface area contributed by atoms with E-state index in [0.717, 1.165) is 4.88 Å². The van der Waals surface area contributed by atoms with E-state index in [4.69, 9.17) is 16.9 Å². The van der Waals surface area contributed by atoms with Crippen LogP contribution in [0.2, 0.25) is 4.34 Å². The normalized spacial score (nSPS) is 11.3. The van der Waals surface area contributed by atoms with Gasteiger partial charge in [-0.2, -0.15) is 9.57 Å². The molecule has 0 unspecified atom stereocenters. The van der Waals surface area contributed by atoms with Crippen molar-refractivity contribution in [3.05, 3.63) is 63.8 Å². The molecule has 4 nitrogen and oxygen atoms in total. The molecule has 0 atom stereocenters. The Labute approximate surface area is 138 Å². The maximum Gasteiger partial charge on any atom is 0.243 e. The molecular formula is C15H13ClN2O2S2. The molecule has 0 aliphatic heterocycles. The molecule has 2 rings (SSSR count). The van der Waals surface area contributed by atoms with Gasteiger partial charge in [-0.1, -0.05) is 17.7 Å². The number of hydrogen-bond donors (Lipinski definition) is 0. The summed E-state index contributed by atoms with van der Waals surface area (Å²) in [6, 6.07) is 11.4. The Balaban J connectivity index is 2.32. The number of thiophene rings is 1. The number of sulfonamides is 1. The molecule has 0 aliphatic carbocycles. The molecule has 22 heavy (non-hydrogen) atoms. The molecule has 0 N–H and O–H groups in total. The van der Waals surface area contributed by atoms with Gasteiger partial charge in [0.05, 0.1) is 20.9 Å². The lowest BCUT2D eigenvalue weighted by atomic mass is 10.2. The fourth-order valence-electron chi connectivity index (χ4n) is 1.85. The first kappa shape index (κ1) is 16.7. The summed E-state index contributed by atoms with van der Waals surface area (Å²) in [6.07, 6.45) is 1.54. The first-order chi connectivity index (χ1) is 10.5. The fourth-order valence-corrected chi connectivity index (χ4v) is 4.43. The quantitative estimate of drug-likeness (QED) is 0.745. The molecule has 1 aromatic heterocycles. The zero-order valence-electron chi connectivity index (χ0n) is 11.6. The topological polar surface area (TPSA) is 61.2 Å². The average molecular weight is 353 g/mol. The fraction of sp³-hybridized carbons (Fsp3) is 0.133. The van der Waals surface area contributed by atoms with Crippen molar-refractivity contribution in [3.63, 3.8) is 0 Å².